The third kappa shape index (κ3) is 1.88. The Morgan fingerprint density at radius 1 is 1.11 bits per heavy atom. The molecular formula is C14H16N2O2. The van der Waals surface area contributed by atoms with Gasteiger partial charge in [0.1, 0.15) is 0 Å². The molecule has 1 unspecified atom stereocenters. The fraction of sp³-hybridized carbons (Fsp3) is 0.429. The van der Waals surface area contributed by atoms with Crippen LogP contribution < -0.4 is 5.32 Å². The Morgan fingerprint density at radius 2 is 1.83 bits per heavy atom. The average Bonchev–Trinajstić information content (AvgIpc) is 2.38. The monoisotopic (exact) mass is 244 g/mol. The van der Waals surface area contributed by atoms with Crippen LogP contribution in [-0.2, 0) is 16.0 Å². The first kappa shape index (κ1) is 11.3. The molecule has 0 aromatic heterocycles. The van der Waals surface area contributed by atoms with Crippen molar-refractivity contribution < 1.29 is 9.59 Å². The van der Waals surface area contributed by atoms with Gasteiger partial charge in [0.05, 0.1) is 6.04 Å². The number of hydrogen-bond acceptors (Lipinski definition) is 3. The number of piperidine rings is 1. The van der Waals surface area contributed by atoms with E-state index in [2.05, 4.69) is 5.32 Å². The molecule has 0 aliphatic carbocycles. The van der Waals surface area contributed by atoms with E-state index in [1.165, 1.54) is 10.5 Å². The highest BCUT2D eigenvalue weighted by Crippen LogP contribution is 2.26. The summed E-state index contributed by atoms with van der Waals surface area (Å²) in [7, 11) is 0. The molecule has 1 atom stereocenters. The third-order valence-corrected chi connectivity index (χ3v) is 3.68. The number of rotatable bonds is 1. The van der Waals surface area contributed by atoms with E-state index in [1.54, 1.807) is 0 Å². The summed E-state index contributed by atoms with van der Waals surface area (Å²) >= 11 is 0. The Balaban J connectivity index is 1.83. The molecule has 1 aromatic rings. The van der Waals surface area contributed by atoms with Crippen molar-refractivity contribution >= 4 is 17.5 Å². The molecule has 4 nitrogen and oxygen atoms in total. The van der Waals surface area contributed by atoms with Crippen LogP contribution in [0.2, 0.25) is 0 Å². The van der Waals surface area contributed by atoms with Gasteiger partial charge in [-0.15, -0.1) is 0 Å². The molecule has 0 radical (unpaired) electrons. The van der Waals surface area contributed by atoms with Crippen molar-refractivity contribution in [2.45, 2.75) is 31.7 Å². The molecule has 2 aliphatic heterocycles. The fourth-order valence-electron chi connectivity index (χ4n) is 2.79. The van der Waals surface area contributed by atoms with Crippen molar-refractivity contribution in [3.63, 3.8) is 0 Å². The van der Waals surface area contributed by atoms with Gasteiger partial charge >= 0.3 is 0 Å². The number of nitrogens with zero attached hydrogens (tertiary/aromatic N) is 1. The number of nitrogens with one attached hydrogen (secondary N) is 1. The number of fused-ring (bicyclic) bond motifs is 1. The minimum Gasteiger partial charge on any atom is -0.383 e. The predicted octanol–water partition coefficient (Wildman–Crippen LogP) is 1.56. The normalized spacial score (nSPS) is 23.6. The van der Waals surface area contributed by atoms with Crippen LogP contribution in [0.1, 0.15) is 24.8 Å². The van der Waals surface area contributed by atoms with Crippen molar-refractivity contribution in [1.29, 1.82) is 0 Å². The molecule has 0 saturated carbocycles. The lowest BCUT2D eigenvalue weighted by molar-refractivity contribution is -0.150. The van der Waals surface area contributed by atoms with Gasteiger partial charge in [-0.25, -0.2) is 0 Å². The van der Waals surface area contributed by atoms with Crippen LogP contribution in [0, 0.1) is 0 Å². The maximum Gasteiger partial charge on any atom is 0.229 e. The second-order valence-electron chi connectivity index (χ2n) is 4.91. The molecule has 1 N–H and O–H groups in total. The number of para-hydroxylation sites is 1. The summed E-state index contributed by atoms with van der Waals surface area (Å²) in [5, 5.41) is 3.30. The Hall–Kier alpha value is -1.84. The van der Waals surface area contributed by atoms with Gasteiger partial charge in [-0.2, -0.15) is 0 Å². The number of carbonyl (C=O) groups excluding carboxylic acids is 2. The van der Waals surface area contributed by atoms with Gasteiger partial charge in [-0.3, -0.25) is 14.5 Å². The Bertz CT molecular complexity index is 482. The lowest BCUT2D eigenvalue weighted by Gasteiger charge is -2.36. The quantitative estimate of drug-likeness (QED) is 0.763. The smallest absolute Gasteiger partial charge is 0.229 e. The van der Waals surface area contributed by atoms with Crippen molar-refractivity contribution in [3.05, 3.63) is 29.8 Å². The minimum absolute atomic E-state index is 0.0163. The Morgan fingerprint density at radius 3 is 2.61 bits per heavy atom. The van der Waals surface area contributed by atoms with Crippen molar-refractivity contribution in [2.24, 2.45) is 0 Å². The van der Waals surface area contributed by atoms with E-state index in [1.807, 2.05) is 24.3 Å². The van der Waals surface area contributed by atoms with E-state index in [4.69, 9.17) is 0 Å². The molecule has 94 valence electrons. The van der Waals surface area contributed by atoms with Crippen molar-refractivity contribution in [1.82, 2.24) is 4.90 Å². The van der Waals surface area contributed by atoms with Crippen LogP contribution in [0.25, 0.3) is 0 Å². The lowest BCUT2D eigenvalue weighted by atomic mass is 9.96. The van der Waals surface area contributed by atoms with Crippen molar-refractivity contribution in [2.75, 3.05) is 11.9 Å². The zero-order chi connectivity index (χ0) is 12.5. The molecule has 0 spiro atoms. The summed E-state index contributed by atoms with van der Waals surface area (Å²) in [6.45, 7) is 0.661. The van der Waals surface area contributed by atoms with Gasteiger partial charge in [0.2, 0.25) is 11.8 Å². The third-order valence-electron chi connectivity index (χ3n) is 3.68. The topological polar surface area (TPSA) is 49.4 Å². The first-order valence-electron chi connectivity index (χ1n) is 6.42. The summed E-state index contributed by atoms with van der Waals surface area (Å²) in [4.78, 5) is 25.3. The second kappa shape index (κ2) is 4.44. The first-order valence-corrected chi connectivity index (χ1v) is 6.42. The summed E-state index contributed by atoms with van der Waals surface area (Å²) in [6.07, 6.45) is 2.47. The van der Waals surface area contributed by atoms with Gasteiger partial charge in [0.25, 0.3) is 0 Å². The van der Waals surface area contributed by atoms with Crippen molar-refractivity contribution in [3.8, 4) is 0 Å². The highest BCUT2D eigenvalue weighted by atomic mass is 16.2. The van der Waals surface area contributed by atoms with E-state index in [9.17, 15) is 9.59 Å². The van der Waals surface area contributed by atoms with Gasteiger partial charge in [0.15, 0.2) is 0 Å². The highest BCUT2D eigenvalue weighted by Gasteiger charge is 2.34. The minimum atomic E-state index is -0.0276. The van der Waals surface area contributed by atoms with Gasteiger partial charge in [-0.1, -0.05) is 18.2 Å². The molecule has 2 amide bonds. The van der Waals surface area contributed by atoms with Crippen LogP contribution in [0.3, 0.4) is 0 Å². The van der Waals surface area contributed by atoms with E-state index in [0.717, 1.165) is 12.1 Å². The molecular weight excluding hydrogens is 228 g/mol. The molecule has 2 aliphatic rings. The number of carbonyl (C=O) groups is 2. The van der Waals surface area contributed by atoms with Crippen LogP contribution in [0.5, 0.6) is 0 Å². The van der Waals surface area contributed by atoms with E-state index in [-0.39, 0.29) is 17.9 Å². The zero-order valence-electron chi connectivity index (χ0n) is 10.2. The summed E-state index contributed by atoms with van der Waals surface area (Å²) in [5.74, 6) is -0.0325. The lowest BCUT2D eigenvalue weighted by Crippen LogP contribution is -2.51. The summed E-state index contributed by atoms with van der Waals surface area (Å²) < 4.78 is 0. The first-order chi connectivity index (χ1) is 8.75. The summed E-state index contributed by atoms with van der Waals surface area (Å²) in [5.41, 5.74) is 2.30. The van der Waals surface area contributed by atoms with Crippen LogP contribution >= 0.6 is 0 Å². The average molecular weight is 244 g/mol. The van der Waals surface area contributed by atoms with Gasteiger partial charge in [-0.05, 0) is 24.5 Å². The van der Waals surface area contributed by atoms with Crippen LogP contribution in [0.4, 0.5) is 5.69 Å². The maximum absolute atomic E-state index is 11.9. The Labute approximate surface area is 106 Å². The second-order valence-corrected chi connectivity index (χ2v) is 4.91. The molecule has 18 heavy (non-hydrogen) atoms. The van der Waals surface area contributed by atoms with E-state index in [0.29, 0.717) is 25.8 Å². The summed E-state index contributed by atoms with van der Waals surface area (Å²) in [6, 6.07) is 8.03. The van der Waals surface area contributed by atoms with Gasteiger partial charge in [0, 0.05) is 25.1 Å². The molecule has 2 heterocycles. The zero-order valence-corrected chi connectivity index (χ0v) is 10.2. The highest BCUT2D eigenvalue weighted by molar-refractivity contribution is 5.98. The number of imide groups is 1. The number of amides is 2. The maximum atomic E-state index is 11.9. The fourth-order valence-corrected chi connectivity index (χ4v) is 2.79. The van der Waals surface area contributed by atoms with Gasteiger partial charge < -0.3 is 5.32 Å². The number of hydrogen-bond donors (Lipinski definition) is 1. The molecule has 1 saturated heterocycles. The Kier molecular flexibility index (Phi) is 2.78. The molecule has 4 heteroatoms. The van der Waals surface area contributed by atoms with E-state index >= 15 is 0 Å². The molecule has 1 fully saturated rings. The number of anilines is 1. The molecule has 0 bridgehead atoms. The van der Waals surface area contributed by atoms with Crippen LogP contribution in [-0.4, -0.2) is 29.3 Å². The largest absolute Gasteiger partial charge is 0.383 e. The standard InChI is InChI=1S/C14H16N2O2/c17-13-6-3-7-14(18)16(13)11-8-10-4-1-2-5-12(10)15-9-11/h1-2,4-5,11,15H,3,6-9H2. The molecule has 3 rings (SSSR count). The SMILES string of the molecule is O=C1CCCC(=O)N1C1CNc2ccccc2C1. The molecule has 1 aromatic carbocycles. The number of benzene rings is 1. The predicted molar refractivity (Wildman–Crippen MR) is 68.1 cm³/mol. The number of likely N-dealkylation sites (tertiary alicyclic amines) is 1. The van der Waals surface area contributed by atoms with Crippen LogP contribution in [0.15, 0.2) is 24.3 Å². The van der Waals surface area contributed by atoms with E-state index < -0.39 is 0 Å².